The average molecular weight is 265 g/mol. The van der Waals surface area contributed by atoms with Crippen molar-refractivity contribution in [3.63, 3.8) is 0 Å². The van der Waals surface area contributed by atoms with E-state index in [2.05, 4.69) is 17.4 Å². The fourth-order valence-corrected chi connectivity index (χ4v) is 2.31. The highest BCUT2D eigenvalue weighted by molar-refractivity contribution is 5.36. The number of benzene rings is 1. The molecule has 1 aromatic carbocycles. The molecule has 106 valence electrons. The third-order valence-electron chi connectivity index (χ3n) is 3.37. The van der Waals surface area contributed by atoms with Gasteiger partial charge < -0.3 is 19.5 Å². The van der Waals surface area contributed by atoms with Crippen LogP contribution in [-0.4, -0.2) is 33.5 Å². The van der Waals surface area contributed by atoms with E-state index in [1.54, 1.807) is 7.11 Å². The van der Waals surface area contributed by atoms with Crippen molar-refractivity contribution in [3.05, 3.63) is 29.3 Å². The molecule has 0 saturated carbocycles. The Morgan fingerprint density at radius 1 is 1.32 bits per heavy atom. The van der Waals surface area contributed by atoms with Crippen LogP contribution in [0.3, 0.4) is 0 Å². The quantitative estimate of drug-likeness (QED) is 0.855. The lowest BCUT2D eigenvalue weighted by atomic mass is 10.1. The molecule has 4 heteroatoms. The van der Waals surface area contributed by atoms with E-state index in [-0.39, 0.29) is 0 Å². The Kier molecular flexibility index (Phi) is 5.63. The Morgan fingerprint density at radius 3 is 2.79 bits per heavy atom. The summed E-state index contributed by atoms with van der Waals surface area (Å²) in [7, 11) is 3.65. The summed E-state index contributed by atoms with van der Waals surface area (Å²) >= 11 is 0. The molecule has 0 spiro atoms. The summed E-state index contributed by atoms with van der Waals surface area (Å²) in [6, 6.07) is 6.23. The Balaban J connectivity index is 1.97. The van der Waals surface area contributed by atoms with Crippen LogP contribution >= 0.6 is 0 Å². The molecule has 4 nitrogen and oxygen atoms in total. The van der Waals surface area contributed by atoms with Crippen molar-refractivity contribution in [2.24, 2.45) is 0 Å². The number of hydrogen-bond acceptors (Lipinski definition) is 4. The highest BCUT2D eigenvalue weighted by Crippen LogP contribution is 2.22. The van der Waals surface area contributed by atoms with Crippen molar-refractivity contribution in [2.75, 3.05) is 27.4 Å². The van der Waals surface area contributed by atoms with E-state index in [1.165, 1.54) is 5.56 Å². The second kappa shape index (κ2) is 7.48. The van der Waals surface area contributed by atoms with Crippen LogP contribution in [-0.2, 0) is 22.6 Å². The summed E-state index contributed by atoms with van der Waals surface area (Å²) in [5, 5.41) is 3.16. The van der Waals surface area contributed by atoms with Gasteiger partial charge in [-0.05, 0) is 37.6 Å². The lowest BCUT2D eigenvalue weighted by Gasteiger charge is -2.23. The van der Waals surface area contributed by atoms with Gasteiger partial charge in [0.1, 0.15) is 5.75 Å². The molecule has 0 amide bonds. The van der Waals surface area contributed by atoms with Crippen molar-refractivity contribution in [1.82, 2.24) is 5.32 Å². The van der Waals surface area contributed by atoms with Crippen LogP contribution in [0.5, 0.6) is 5.75 Å². The topological polar surface area (TPSA) is 39.7 Å². The van der Waals surface area contributed by atoms with Crippen molar-refractivity contribution in [1.29, 1.82) is 0 Å². The van der Waals surface area contributed by atoms with Crippen molar-refractivity contribution in [2.45, 2.75) is 32.1 Å². The summed E-state index contributed by atoms with van der Waals surface area (Å²) in [5.74, 6) is 0.895. The smallest absolute Gasteiger partial charge is 0.124 e. The predicted molar refractivity (Wildman–Crippen MR) is 74.4 cm³/mol. The molecule has 0 bridgehead atoms. The van der Waals surface area contributed by atoms with E-state index in [9.17, 15) is 0 Å². The van der Waals surface area contributed by atoms with Gasteiger partial charge in [0.15, 0.2) is 0 Å². The van der Waals surface area contributed by atoms with Crippen LogP contribution in [0.4, 0.5) is 0 Å². The molecule has 2 rings (SSSR count). The highest BCUT2D eigenvalue weighted by Gasteiger charge is 2.15. The zero-order valence-corrected chi connectivity index (χ0v) is 11.8. The van der Waals surface area contributed by atoms with Gasteiger partial charge in [-0.15, -0.1) is 0 Å². The van der Waals surface area contributed by atoms with E-state index in [0.29, 0.717) is 12.7 Å². The Labute approximate surface area is 115 Å². The third-order valence-corrected chi connectivity index (χ3v) is 3.37. The van der Waals surface area contributed by atoms with Crippen LogP contribution < -0.4 is 10.1 Å². The van der Waals surface area contributed by atoms with Gasteiger partial charge in [-0.25, -0.2) is 0 Å². The Bertz CT molecular complexity index is 389. The van der Waals surface area contributed by atoms with E-state index >= 15 is 0 Å². The minimum atomic E-state index is 0.311. The molecule has 1 saturated heterocycles. The fourth-order valence-electron chi connectivity index (χ4n) is 2.31. The number of rotatable bonds is 6. The predicted octanol–water partition coefficient (Wildman–Crippen LogP) is 2.11. The Morgan fingerprint density at radius 2 is 2.11 bits per heavy atom. The average Bonchev–Trinajstić information content (AvgIpc) is 2.47. The molecule has 0 aromatic heterocycles. The van der Waals surface area contributed by atoms with Gasteiger partial charge in [-0.3, -0.25) is 0 Å². The van der Waals surface area contributed by atoms with Crippen LogP contribution in [0.1, 0.15) is 24.0 Å². The lowest BCUT2D eigenvalue weighted by molar-refractivity contribution is -0.0394. The molecule has 1 heterocycles. The maximum Gasteiger partial charge on any atom is 0.124 e. The molecule has 1 aromatic rings. The van der Waals surface area contributed by atoms with E-state index < -0.39 is 0 Å². The normalized spacial score (nSPS) is 16.5. The number of ether oxygens (including phenoxy) is 3. The third kappa shape index (κ3) is 4.20. The maximum absolute atomic E-state index is 5.96. The van der Waals surface area contributed by atoms with Gasteiger partial charge in [0.2, 0.25) is 0 Å². The molecule has 19 heavy (non-hydrogen) atoms. The van der Waals surface area contributed by atoms with Crippen molar-refractivity contribution >= 4 is 0 Å². The van der Waals surface area contributed by atoms with Crippen LogP contribution in [0, 0.1) is 0 Å². The summed E-state index contributed by atoms with van der Waals surface area (Å²) in [4.78, 5) is 0. The molecule has 1 aliphatic rings. The standard InChI is InChI=1S/C15H23NO3/c1-16-10-12-3-4-15(17-2)13(9-12)11-19-14-5-7-18-8-6-14/h3-4,9,14,16H,5-8,10-11H2,1-2H3. The second-order valence-corrected chi connectivity index (χ2v) is 4.80. The molecular weight excluding hydrogens is 242 g/mol. The van der Waals surface area contributed by atoms with Crippen molar-refractivity contribution in [3.8, 4) is 5.75 Å². The molecule has 0 radical (unpaired) electrons. The summed E-state index contributed by atoms with van der Waals surface area (Å²) in [6.07, 6.45) is 2.28. The van der Waals surface area contributed by atoms with E-state index in [1.807, 2.05) is 13.1 Å². The number of hydrogen-bond donors (Lipinski definition) is 1. The van der Waals surface area contributed by atoms with Crippen molar-refractivity contribution < 1.29 is 14.2 Å². The van der Waals surface area contributed by atoms with Gasteiger partial charge in [0.25, 0.3) is 0 Å². The van der Waals surface area contributed by atoms with Gasteiger partial charge in [0, 0.05) is 25.3 Å². The summed E-state index contributed by atoms with van der Waals surface area (Å²) in [5.41, 5.74) is 2.36. The first-order valence-corrected chi connectivity index (χ1v) is 6.83. The SMILES string of the molecule is CNCc1ccc(OC)c(COC2CCOCC2)c1. The summed E-state index contributed by atoms with van der Waals surface area (Å²) in [6.45, 7) is 3.07. The van der Waals surface area contributed by atoms with E-state index in [0.717, 1.165) is 43.9 Å². The molecular formula is C15H23NO3. The van der Waals surface area contributed by atoms with Crippen LogP contribution in [0.15, 0.2) is 18.2 Å². The first-order chi connectivity index (χ1) is 9.33. The number of methoxy groups -OCH3 is 1. The largest absolute Gasteiger partial charge is 0.496 e. The minimum absolute atomic E-state index is 0.311. The number of nitrogens with one attached hydrogen (secondary N) is 1. The lowest BCUT2D eigenvalue weighted by Crippen LogP contribution is -2.23. The second-order valence-electron chi connectivity index (χ2n) is 4.80. The van der Waals surface area contributed by atoms with Gasteiger partial charge in [-0.1, -0.05) is 6.07 Å². The zero-order chi connectivity index (χ0) is 13.5. The molecule has 0 atom stereocenters. The molecule has 1 aliphatic heterocycles. The van der Waals surface area contributed by atoms with Gasteiger partial charge >= 0.3 is 0 Å². The monoisotopic (exact) mass is 265 g/mol. The van der Waals surface area contributed by atoms with Crippen LogP contribution in [0.25, 0.3) is 0 Å². The minimum Gasteiger partial charge on any atom is -0.496 e. The molecule has 1 N–H and O–H groups in total. The molecule has 1 fully saturated rings. The first kappa shape index (κ1) is 14.3. The maximum atomic E-state index is 5.96. The Hall–Kier alpha value is -1.10. The van der Waals surface area contributed by atoms with Gasteiger partial charge in [0.05, 0.1) is 19.8 Å². The van der Waals surface area contributed by atoms with Crippen LogP contribution in [0.2, 0.25) is 0 Å². The zero-order valence-electron chi connectivity index (χ0n) is 11.8. The first-order valence-electron chi connectivity index (χ1n) is 6.83. The summed E-state index contributed by atoms with van der Waals surface area (Å²) < 4.78 is 16.7. The van der Waals surface area contributed by atoms with E-state index in [4.69, 9.17) is 14.2 Å². The van der Waals surface area contributed by atoms with Gasteiger partial charge in [-0.2, -0.15) is 0 Å². The fraction of sp³-hybridized carbons (Fsp3) is 0.600. The molecule has 0 aliphatic carbocycles. The molecule has 0 unspecified atom stereocenters. The highest BCUT2D eigenvalue weighted by atomic mass is 16.5.